The summed E-state index contributed by atoms with van der Waals surface area (Å²) in [4.78, 5) is 22.6. The lowest BCUT2D eigenvalue weighted by Crippen LogP contribution is -2.19. The quantitative estimate of drug-likeness (QED) is 0.687. The fraction of sp³-hybridized carbons (Fsp3) is 0.263. The molecule has 0 spiro atoms. The van der Waals surface area contributed by atoms with Gasteiger partial charge in [-0.15, -0.1) is 0 Å². The maximum atomic E-state index is 13.2. The molecular formula is C19H16F2N2O3S. The summed E-state index contributed by atoms with van der Waals surface area (Å²) in [5.74, 6) is -3.41. The third kappa shape index (κ3) is 3.57. The van der Waals surface area contributed by atoms with Crippen LogP contribution >= 0.6 is 11.3 Å². The monoisotopic (exact) mass is 390 g/mol. The molecule has 27 heavy (non-hydrogen) atoms. The summed E-state index contributed by atoms with van der Waals surface area (Å²) in [6.07, 6.45) is -1.25. The van der Waals surface area contributed by atoms with E-state index in [4.69, 9.17) is 5.11 Å². The van der Waals surface area contributed by atoms with Crippen molar-refractivity contribution in [2.24, 2.45) is 5.92 Å². The van der Waals surface area contributed by atoms with Crippen molar-refractivity contribution in [3.05, 3.63) is 57.7 Å². The van der Waals surface area contributed by atoms with Crippen molar-refractivity contribution in [3.8, 4) is 11.1 Å². The molecule has 2 aromatic carbocycles. The maximum absolute atomic E-state index is 13.2. The molecule has 0 saturated heterocycles. The van der Waals surface area contributed by atoms with Crippen molar-refractivity contribution in [2.45, 2.75) is 25.4 Å². The van der Waals surface area contributed by atoms with Crippen molar-refractivity contribution in [3.63, 3.8) is 0 Å². The van der Waals surface area contributed by atoms with E-state index in [0.29, 0.717) is 5.52 Å². The first-order valence-corrected chi connectivity index (χ1v) is 9.22. The number of benzene rings is 2. The Hall–Kier alpha value is -2.74. The Morgan fingerprint density at radius 1 is 1.26 bits per heavy atom. The summed E-state index contributed by atoms with van der Waals surface area (Å²) in [7, 11) is 0. The highest BCUT2D eigenvalue weighted by molar-refractivity contribution is 7.16. The third-order valence-electron chi connectivity index (χ3n) is 4.73. The van der Waals surface area contributed by atoms with Crippen LogP contribution in [0.4, 0.5) is 13.6 Å². The van der Waals surface area contributed by atoms with Gasteiger partial charge in [0.25, 0.3) is 5.92 Å². The second-order valence-corrected chi connectivity index (χ2v) is 7.68. The van der Waals surface area contributed by atoms with E-state index in [0.717, 1.165) is 32.7 Å². The van der Waals surface area contributed by atoms with Crippen LogP contribution in [0.25, 0.3) is 21.3 Å². The lowest BCUT2D eigenvalue weighted by Gasteiger charge is -2.07. The molecular weight excluding hydrogens is 374 g/mol. The lowest BCUT2D eigenvalue weighted by molar-refractivity contribution is 0.0952. The van der Waals surface area contributed by atoms with Crippen molar-refractivity contribution >= 4 is 27.6 Å². The van der Waals surface area contributed by atoms with E-state index < -0.39 is 17.9 Å². The molecule has 1 aliphatic carbocycles. The van der Waals surface area contributed by atoms with E-state index in [1.807, 2.05) is 36.4 Å². The Morgan fingerprint density at radius 2 is 2.00 bits per heavy atom. The lowest BCUT2D eigenvalue weighted by atomic mass is 10.0. The van der Waals surface area contributed by atoms with Gasteiger partial charge in [-0.05, 0) is 34.9 Å². The summed E-state index contributed by atoms with van der Waals surface area (Å²) in [6, 6.07) is 12.9. The fourth-order valence-corrected chi connectivity index (χ4v) is 4.09. The summed E-state index contributed by atoms with van der Waals surface area (Å²) in [5, 5.41) is 11.0. The van der Waals surface area contributed by atoms with E-state index in [2.05, 4.69) is 5.32 Å². The first-order valence-electron chi connectivity index (χ1n) is 8.41. The number of carboxylic acid groups (broad SMARTS) is 1. The van der Waals surface area contributed by atoms with E-state index in [1.54, 1.807) is 6.07 Å². The Labute approximate surface area is 156 Å². The molecule has 140 valence electrons. The van der Waals surface area contributed by atoms with Crippen molar-refractivity contribution < 1.29 is 18.7 Å². The zero-order valence-corrected chi connectivity index (χ0v) is 14.9. The minimum absolute atomic E-state index is 0.0432. The molecule has 1 unspecified atom stereocenters. The average molecular weight is 390 g/mol. The molecule has 1 atom stereocenters. The van der Waals surface area contributed by atoms with Gasteiger partial charge in [0.05, 0.1) is 10.2 Å². The molecule has 0 radical (unpaired) electrons. The molecule has 0 aliphatic heterocycles. The highest BCUT2D eigenvalue weighted by Crippen LogP contribution is 2.49. The molecule has 4 rings (SSSR count). The van der Waals surface area contributed by atoms with Gasteiger partial charge in [-0.2, -0.15) is 0 Å². The standard InChI is InChI=1S/C19H16F2N2O3S/c20-19(21)8-14(19)10-23-15-5-4-13(7-16(15)27-18(23)26)12-3-1-2-11(6-12)9-22-17(24)25/h1-7,14,22H,8-10H2,(H,24,25). The molecule has 1 amide bonds. The van der Waals surface area contributed by atoms with E-state index in [-0.39, 0.29) is 24.4 Å². The number of alkyl halides is 2. The number of rotatable bonds is 5. The number of hydrogen-bond donors (Lipinski definition) is 2. The van der Waals surface area contributed by atoms with Crippen LogP contribution in [-0.4, -0.2) is 21.7 Å². The number of carbonyl (C=O) groups is 1. The second kappa shape index (κ2) is 6.45. The largest absolute Gasteiger partial charge is 0.465 e. The molecule has 5 nitrogen and oxygen atoms in total. The van der Waals surface area contributed by atoms with E-state index in [1.165, 1.54) is 4.57 Å². The molecule has 1 fully saturated rings. The van der Waals surface area contributed by atoms with Gasteiger partial charge in [-0.25, -0.2) is 13.6 Å². The van der Waals surface area contributed by atoms with Crippen LogP contribution in [0.3, 0.4) is 0 Å². The molecule has 1 saturated carbocycles. The smallest absolute Gasteiger partial charge is 0.404 e. The number of nitrogens with zero attached hydrogens (tertiary/aromatic N) is 1. The maximum Gasteiger partial charge on any atom is 0.404 e. The van der Waals surface area contributed by atoms with E-state index in [9.17, 15) is 18.4 Å². The Bertz CT molecular complexity index is 1090. The van der Waals surface area contributed by atoms with Crippen LogP contribution in [0.5, 0.6) is 0 Å². The third-order valence-corrected chi connectivity index (χ3v) is 5.67. The molecule has 2 N–H and O–H groups in total. The predicted octanol–water partition coefficient (Wildman–Crippen LogP) is 4.15. The van der Waals surface area contributed by atoms with Crippen LogP contribution in [0.2, 0.25) is 0 Å². The number of amides is 1. The number of nitrogens with one attached hydrogen (secondary N) is 1. The topological polar surface area (TPSA) is 71.3 Å². The molecule has 1 heterocycles. The van der Waals surface area contributed by atoms with Gasteiger partial charge >= 0.3 is 11.0 Å². The van der Waals surface area contributed by atoms with Gasteiger partial charge in [0.1, 0.15) is 0 Å². The molecule has 0 bridgehead atoms. The van der Waals surface area contributed by atoms with Gasteiger partial charge in [-0.1, -0.05) is 35.6 Å². The summed E-state index contributed by atoms with van der Waals surface area (Å²) in [6.45, 7) is 0.242. The van der Waals surface area contributed by atoms with Gasteiger partial charge in [-0.3, -0.25) is 9.36 Å². The van der Waals surface area contributed by atoms with Crippen LogP contribution in [0.15, 0.2) is 47.3 Å². The van der Waals surface area contributed by atoms with Crippen LogP contribution in [0.1, 0.15) is 12.0 Å². The first kappa shape index (κ1) is 17.7. The van der Waals surface area contributed by atoms with Crippen LogP contribution in [-0.2, 0) is 13.1 Å². The highest BCUT2D eigenvalue weighted by atomic mass is 32.1. The van der Waals surface area contributed by atoms with Crippen molar-refractivity contribution in [1.29, 1.82) is 0 Å². The van der Waals surface area contributed by atoms with Crippen molar-refractivity contribution in [1.82, 2.24) is 9.88 Å². The van der Waals surface area contributed by atoms with Gasteiger partial charge in [0, 0.05) is 25.4 Å². The SMILES string of the molecule is O=C(O)NCc1cccc(-c2ccc3c(c2)sc(=O)n3CC2CC2(F)F)c1. The zero-order valence-electron chi connectivity index (χ0n) is 14.1. The Morgan fingerprint density at radius 3 is 2.70 bits per heavy atom. The number of hydrogen-bond acceptors (Lipinski definition) is 3. The average Bonchev–Trinajstić information content (AvgIpc) is 3.11. The number of halogens is 2. The number of fused-ring (bicyclic) bond motifs is 1. The minimum Gasteiger partial charge on any atom is -0.465 e. The predicted molar refractivity (Wildman–Crippen MR) is 99.4 cm³/mol. The van der Waals surface area contributed by atoms with Crippen LogP contribution in [0, 0.1) is 5.92 Å². The first-order chi connectivity index (χ1) is 12.8. The second-order valence-electron chi connectivity index (χ2n) is 6.68. The summed E-state index contributed by atoms with van der Waals surface area (Å²) < 4.78 is 28.6. The highest BCUT2D eigenvalue weighted by Gasteiger charge is 2.56. The normalized spacial score (nSPS) is 17.8. The fourth-order valence-electron chi connectivity index (χ4n) is 3.15. The summed E-state index contributed by atoms with van der Waals surface area (Å²) in [5.41, 5.74) is 3.25. The van der Waals surface area contributed by atoms with Crippen LogP contribution < -0.4 is 10.2 Å². The number of aromatic nitrogens is 1. The van der Waals surface area contributed by atoms with Gasteiger partial charge in [0.15, 0.2) is 0 Å². The molecule has 8 heteroatoms. The molecule has 3 aromatic rings. The van der Waals surface area contributed by atoms with Gasteiger partial charge < -0.3 is 10.4 Å². The summed E-state index contributed by atoms with van der Waals surface area (Å²) >= 11 is 1.05. The van der Waals surface area contributed by atoms with Gasteiger partial charge in [0.2, 0.25) is 0 Å². The number of thiazole rings is 1. The van der Waals surface area contributed by atoms with Crippen molar-refractivity contribution in [2.75, 3.05) is 0 Å². The minimum atomic E-state index is -2.65. The zero-order chi connectivity index (χ0) is 19.2. The Kier molecular flexibility index (Phi) is 4.22. The Balaban J connectivity index is 1.64. The van der Waals surface area contributed by atoms with E-state index >= 15 is 0 Å². The molecule has 1 aliphatic rings. The molecule has 1 aromatic heterocycles.